The average Bonchev–Trinajstić information content (AvgIpc) is 3.04. The molecule has 0 bridgehead atoms. The average molecular weight is 379 g/mol. The molecule has 0 N–H and O–H groups in total. The summed E-state index contributed by atoms with van der Waals surface area (Å²) in [6, 6.07) is 14.4. The van der Waals surface area contributed by atoms with Crippen LogP contribution in [0.15, 0.2) is 52.5 Å². The Kier molecular flexibility index (Phi) is 5.52. The number of rotatable bonds is 6. The monoisotopic (exact) mass is 379 g/mol. The zero-order valence-electron chi connectivity index (χ0n) is 14.9. The van der Waals surface area contributed by atoms with Crippen LogP contribution in [-0.2, 0) is 6.54 Å². The van der Waals surface area contributed by atoms with Crippen LogP contribution in [0.3, 0.4) is 0 Å². The summed E-state index contributed by atoms with van der Waals surface area (Å²) in [5.41, 5.74) is 2.22. The maximum atomic E-state index is 11.4. The van der Waals surface area contributed by atoms with E-state index in [0.29, 0.717) is 16.6 Å². The highest BCUT2D eigenvalue weighted by Crippen LogP contribution is 2.36. The van der Waals surface area contributed by atoms with Crippen LogP contribution in [0.4, 0.5) is 5.69 Å². The lowest BCUT2D eigenvalue weighted by molar-refractivity contribution is -0.387. The van der Waals surface area contributed by atoms with E-state index in [0.717, 1.165) is 23.4 Å². The fourth-order valence-electron chi connectivity index (χ4n) is 2.70. The summed E-state index contributed by atoms with van der Waals surface area (Å²) in [7, 11) is 0. The third-order valence-corrected chi connectivity index (χ3v) is 4.98. The molecule has 0 unspecified atom stereocenters. The van der Waals surface area contributed by atoms with Gasteiger partial charge < -0.3 is 4.57 Å². The third kappa shape index (κ3) is 3.99. The molecule has 3 rings (SSSR count). The number of nitriles is 1. The lowest BCUT2D eigenvalue weighted by Crippen LogP contribution is -2.02. The summed E-state index contributed by atoms with van der Waals surface area (Å²) >= 11 is 1.19. The van der Waals surface area contributed by atoms with E-state index in [-0.39, 0.29) is 11.3 Å². The molecule has 136 valence electrons. The fourth-order valence-corrected chi connectivity index (χ4v) is 3.64. The van der Waals surface area contributed by atoms with Crippen LogP contribution in [-0.4, -0.2) is 19.7 Å². The van der Waals surface area contributed by atoms with Gasteiger partial charge in [-0.05, 0) is 43.3 Å². The van der Waals surface area contributed by atoms with Crippen molar-refractivity contribution >= 4 is 17.4 Å². The SMILES string of the molecule is CCCn1c(Sc2ccc(C#N)cc2[N+](=O)[O-])nnc1-c1cccc(C)c1. The molecule has 0 radical (unpaired) electrons. The Morgan fingerprint density at radius 2 is 2.07 bits per heavy atom. The van der Waals surface area contributed by atoms with Gasteiger partial charge in [0.1, 0.15) is 0 Å². The van der Waals surface area contributed by atoms with Crippen LogP contribution in [0.2, 0.25) is 0 Å². The summed E-state index contributed by atoms with van der Waals surface area (Å²) in [6.45, 7) is 4.76. The van der Waals surface area contributed by atoms with Crippen molar-refractivity contribution in [2.24, 2.45) is 0 Å². The molecule has 0 atom stereocenters. The molecule has 27 heavy (non-hydrogen) atoms. The first-order chi connectivity index (χ1) is 13.0. The van der Waals surface area contributed by atoms with Gasteiger partial charge in [0.15, 0.2) is 11.0 Å². The Morgan fingerprint density at radius 1 is 1.26 bits per heavy atom. The molecule has 7 nitrogen and oxygen atoms in total. The Bertz CT molecular complexity index is 1040. The van der Waals surface area contributed by atoms with E-state index in [4.69, 9.17) is 5.26 Å². The summed E-state index contributed by atoms with van der Waals surface area (Å²) in [6.07, 6.45) is 0.875. The summed E-state index contributed by atoms with van der Waals surface area (Å²) in [4.78, 5) is 11.3. The van der Waals surface area contributed by atoms with Gasteiger partial charge in [-0.3, -0.25) is 10.1 Å². The molecule has 0 aliphatic rings. The van der Waals surface area contributed by atoms with E-state index < -0.39 is 4.92 Å². The van der Waals surface area contributed by atoms with Crippen molar-refractivity contribution in [2.75, 3.05) is 0 Å². The maximum absolute atomic E-state index is 11.4. The van der Waals surface area contributed by atoms with Crippen LogP contribution < -0.4 is 0 Å². The van der Waals surface area contributed by atoms with E-state index in [1.165, 1.54) is 17.8 Å². The number of aryl methyl sites for hydroxylation is 1. The molecule has 0 aliphatic heterocycles. The molecule has 0 amide bonds. The van der Waals surface area contributed by atoms with Gasteiger partial charge in [0, 0.05) is 18.2 Å². The van der Waals surface area contributed by atoms with Gasteiger partial charge in [-0.2, -0.15) is 5.26 Å². The van der Waals surface area contributed by atoms with Gasteiger partial charge >= 0.3 is 0 Å². The van der Waals surface area contributed by atoms with Gasteiger partial charge in [-0.25, -0.2) is 0 Å². The van der Waals surface area contributed by atoms with E-state index in [1.807, 2.05) is 41.8 Å². The molecular weight excluding hydrogens is 362 g/mol. The number of nitro benzene ring substituents is 1. The smallest absolute Gasteiger partial charge is 0.284 e. The molecule has 2 aromatic carbocycles. The standard InChI is InChI=1S/C19H17N5O2S/c1-3-9-23-18(15-6-4-5-13(2)10-15)21-22-19(23)27-17-8-7-14(12-20)11-16(17)24(25)26/h4-8,10-11H,3,9H2,1-2H3. The Balaban J connectivity index is 2.04. The molecule has 0 spiro atoms. The van der Waals surface area contributed by atoms with Crippen molar-refractivity contribution in [2.45, 2.75) is 36.9 Å². The molecule has 0 saturated heterocycles. The topological polar surface area (TPSA) is 97.6 Å². The molecule has 0 aliphatic carbocycles. The summed E-state index contributed by atoms with van der Waals surface area (Å²) in [5.74, 6) is 0.736. The number of nitrogens with zero attached hydrogens (tertiary/aromatic N) is 5. The van der Waals surface area contributed by atoms with Crippen molar-refractivity contribution in [1.82, 2.24) is 14.8 Å². The van der Waals surface area contributed by atoms with Gasteiger partial charge in [-0.15, -0.1) is 10.2 Å². The molecular formula is C19H17N5O2S. The highest BCUT2D eigenvalue weighted by Gasteiger charge is 2.20. The van der Waals surface area contributed by atoms with Crippen LogP contribution in [0.25, 0.3) is 11.4 Å². The van der Waals surface area contributed by atoms with E-state index >= 15 is 0 Å². The van der Waals surface area contributed by atoms with Crippen molar-refractivity contribution in [1.29, 1.82) is 5.26 Å². The minimum absolute atomic E-state index is 0.109. The lowest BCUT2D eigenvalue weighted by Gasteiger charge is -2.09. The fraction of sp³-hybridized carbons (Fsp3) is 0.211. The van der Waals surface area contributed by atoms with Crippen LogP contribution in [0, 0.1) is 28.4 Å². The highest BCUT2D eigenvalue weighted by molar-refractivity contribution is 7.99. The highest BCUT2D eigenvalue weighted by atomic mass is 32.2. The number of aromatic nitrogens is 3. The number of nitro groups is 1. The summed E-state index contributed by atoms with van der Waals surface area (Å²) in [5, 5.41) is 29.6. The van der Waals surface area contributed by atoms with E-state index in [2.05, 4.69) is 17.1 Å². The first-order valence-corrected chi connectivity index (χ1v) is 9.21. The zero-order valence-corrected chi connectivity index (χ0v) is 15.7. The van der Waals surface area contributed by atoms with Crippen molar-refractivity contribution in [3.05, 3.63) is 63.7 Å². The molecule has 1 heterocycles. The van der Waals surface area contributed by atoms with Crippen molar-refractivity contribution < 1.29 is 4.92 Å². The van der Waals surface area contributed by atoms with Crippen molar-refractivity contribution in [3.63, 3.8) is 0 Å². The first-order valence-electron chi connectivity index (χ1n) is 8.40. The van der Waals surface area contributed by atoms with Crippen LogP contribution in [0.1, 0.15) is 24.5 Å². The van der Waals surface area contributed by atoms with Gasteiger partial charge in [0.2, 0.25) is 0 Å². The van der Waals surface area contributed by atoms with Gasteiger partial charge in [-0.1, -0.05) is 30.7 Å². The Labute approximate surface area is 160 Å². The molecule has 0 fully saturated rings. The first kappa shape index (κ1) is 18.6. The molecule has 8 heteroatoms. The second-order valence-corrected chi connectivity index (χ2v) is 6.99. The largest absolute Gasteiger partial charge is 0.302 e. The number of benzene rings is 2. The molecule has 3 aromatic rings. The Morgan fingerprint density at radius 3 is 2.74 bits per heavy atom. The molecule has 1 aromatic heterocycles. The second-order valence-electron chi connectivity index (χ2n) is 5.98. The summed E-state index contributed by atoms with van der Waals surface area (Å²) < 4.78 is 1.97. The normalized spacial score (nSPS) is 10.6. The minimum Gasteiger partial charge on any atom is -0.302 e. The minimum atomic E-state index is -0.481. The predicted octanol–water partition coefficient (Wildman–Crippen LogP) is 4.59. The van der Waals surface area contributed by atoms with Gasteiger partial charge in [0.25, 0.3) is 5.69 Å². The molecule has 0 saturated carbocycles. The predicted molar refractivity (Wildman–Crippen MR) is 102 cm³/mol. The van der Waals surface area contributed by atoms with Crippen LogP contribution >= 0.6 is 11.8 Å². The second kappa shape index (κ2) is 8.01. The Hall–Kier alpha value is -3.18. The maximum Gasteiger partial charge on any atom is 0.284 e. The van der Waals surface area contributed by atoms with E-state index in [9.17, 15) is 10.1 Å². The lowest BCUT2D eigenvalue weighted by atomic mass is 10.1. The number of hydrogen-bond donors (Lipinski definition) is 0. The zero-order chi connectivity index (χ0) is 19.4. The van der Waals surface area contributed by atoms with E-state index in [1.54, 1.807) is 12.1 Å². The van der Waals surface area contributed by atoms with Crippen LogP contribution in [0.5, 0.6) is 0 Å². The third-order valence-electron chi connectivity index (χ3n) is 3.93. The van der Waals surface area contributed by atoms with Crippen molar-refractivity contribution in [3.8, 4) is 17.5 Å². The number of hydrogen-bond acceptors (Lipinski definition) is 6. The van der Waals surface area contributed by atoms with Gasteiger partial charge in [0.05, 0.1) is 21.5 Å². The quantitative estimate of drug-likeness (QED) is 0.459.